The van der Waals surface area contributed by atoms with Gasteiger partial charge in [-0.1, -0.05) is 55.5 Å². The molecule has 1 aromatic heterocycles. The summed E-state index contributed by atoms with van der Waals surface area (Å²) in [5, 5.41) is 11.5. The maximum absolute atomic E-state index is 12.5. The van der Waals surface area contributed by atoms with Crippen molar-refractivity contribution in [2.45, 2.75) is 39.3 Å². The van der Waals surface area contributed by atoms with Crippen molar-refractivity contribution >= 4 is 5.97 Å². The van der Waals surface area contributed by atoms with Gasteiger partial charge >= 0.3 is 5.97 Å². The van der Waals surface area contributed by atoms with Crippen molar-refractivity contribution in [2.75, 3.05) is 0 Å². The molecule has 0 fully saturated rings. The lowest BCUT2D eigenvalue weighted by atomic mass is 10.00. The maximum atomic E-state index is 12.5. The van der Waals surface area contributed by atoms with Crippen LogP contribution in [-0.4, -0.2) is 26.2 Å². The average molecular weight is 350 g/mol. The van der Waals surface area contributed by atoms with E-state index in [2.05, 4.69) is 27.7 Å². The molecule has 6 nitrogen and oxygen atoms in total. The highest BCUT2D eigenvalue weighted by atomic mass is 16.5. The molecule has 0 radical (unpaired) electrons. The van der Waals surface area contributed by atoms with E-state index in [0.29, 0.717) is 17.9 Å². The molecule has 0 aliphatic heterocycles. The Morgan fingerprint density at radius 2 is 1.81 bits per heavy atom. The molecule has 0 amide bonds. The van der Waals surface area contributed by atoms with Gasteiger partial charge in [0.05, 0.1) is 5.56 Å². The summed E-state index contributed by atoms with van der Waals surface area (Å²) < 4.78 is 7.11. The third kappa shape index (κ3) is 4.53. The Morgan fingerprint density at radius 1 is 1.04 bits per heavy atom. The quantitative estimate of drug-likeness (QED) is 0.583. The molecule has 3 rings (SSSR count). The fraction of sp³-hybridized carbons (Fsp3) is 0.300. The van der Waals surface area contributed by atoms with Crippen LogP contribution in [0.15, 0.2) is 54.6 Å². The third-order valence-corrected chi connectivity index (χ3v) is 4.14. The fourth-order valence-electron chi connectivity index (χ4n) is 2.78. The van der Waals surface area contributed by atoms with E-state index >= 15 is 0 Å². The van der Waals surface area contributed by atoms with E-state index in [1.165, 1.54) is 5.56 Å². The highest BCUT2D eigenvalue weighted by Gasteiger charge is 2.14. The predicted molar refractivity (Wildman–Crippen MR) is 97.5 cm³/mol. The van der Waals surface area contributed by atoms with Crippen LogP contribution in [0.1, 0.15) is 40.7 Å². The zero-order chi connectivity index (χ0) is 18.2. The molecule has 0 atom stereocenters. The zero-order valence-corrected chi connectivity index (χ0v) is 14.8. The maximum Gasteiger partial charge on any atom is 0.338 e. The lowest BCUT2D eigenvalue weighted by molar-refractivity contribution is 0.0455. The minimum absolute atomic E-state index is 0.0683. The number of carbonyl (C=O) groups excluding carboxylic acids is 1. The molecule has 0 saturated carbocycles. The summed E-state index contributed by atoms with van der Waals surface area (Å²) in [6, 6.07) is 17.8. The van der Waals surface area contributed by atoms with Crippen LogP contribution in [0.3, 0.4) is 0 Å². The number of aromatic nitrogens is 4. The largest absolute Gasteiger partial charge is 0.454 e. The van der Waals surface area contributed by atoms with E-state index in [4.69, 9.17) is 4.74 Å². The van der Waals surface area contributed by atoms with Crippen LogP contribution in [0.25, 0.3) is 0 Å². The van der Waals surface area contributed by atoms with Gasteiger partial charge in [0.2, 0.25) is 0 Å². The molecule has 0 aliphatic rings. The highest BCUT2D eigenvalue weighted by molar-refractivity contribution is 5.91. The molecule has 0 aliphatic carbocycles. The number of benzene rings is 2. The summed E-state index contributed by atoms with van der Waals surface area (Å²) in [6.07, 6.45) is 2.57. The van der Waals surface area contributed by atoms with Crippen molar-refractivity contribution in [3.8, 4) is 0 Å². The zero-order valence-electron chi connectivity index (χ0n) is 14.8. The van der Waals surface area contributed by atoms with Crippen molar-refractivity contribution in [2.24, 2.45) is 0 Å². The molecule has 3 aromatic rings. The van der Waals surface area contributed by atoms with Crippen LogP contribution >= 0.6 is 0 Å². The van der Waals surface area contributed by atoms with Crippen LogP contribution in [0.5, 0.6) is 0 Å². The molecule has 0 N–H and O–H groups in total. The first-order valence-electron chi connectivity index (χ1n) is 8.82. The van der Waals surface area contributed by atoms with Crippen molar-refractivity contribution in [3.05, 3.63) is 77.1 Å². The van der Waals surface area contributed by atoms with Crippen molar-refractivity contribution in [3.63, 3.8) is 0 Å². The van der Waals surface area contributed by atoms with Gasteiger partial charge in [0.25, 0.3) is 0 Å². The third-order valence-electron chi connectivity index (χ3n) is 4.14. The van der Waals surface area contributed by atoms with Gasteiger partial charge < -0.3 is 4.74 Å². The van der Waals surface area contributed by atoms with Crippen LogP contribution in [-0.2, 0) is 30.7 Å². The number of ether oxygens (including phenoxy) is 1. The first kappa shape index (κ1) is 17.8. The summed E-state index contributed by atoms with van der Waals surface area (Å²) in [4.78, 5) is 12.5. The first-order chi connectivity index (χ1) is 12.8. The number of aryl methyl sites for hydroxylation is 3. The molecule has 2 aromatic carbocycles. The summed E-state index contributed by atoms with van der Waals surface area (Å²) in [5.74, 6) is 0.210. The lowest BCUT2D eigenvalue weighted by Gasteiger charge is -2.10. The predicted octanol–water partition coefficient (Wildman–Crippen LogP) is 3.23. The number of carbonyl (C=O) groups is 1. The smallest absolute Gasteiger partial charge is 0.338 e. The van der Waals surface area contributed by atoms with Gasteiger partial charge in [0.15, 0.2) is 12.4 Å². The van der Waals surface area contributed by atoms with E-state index in [1.807, 2.05) is 43.3 Å². The second-order valence-corrected chi connectivity index (χ2v) is 6.04. The van der Waals surface area contributed by atoms with Crippen LogP contribution in [0.2, 0.25) is 0 Å². The lowest BCUT2D eigenvalue weighted by Crippen LogP contribution is -2.12. The first-order valence-corrected chi connectivity index (χ1v) is 8.82. The Bertz CT molecular complexity index is 846. The molecule has 0 unspecified atom stereocenters. The standard InChI is InChI=1S/C20H22N4O2/c1-2-14-24-19(21-22-23-24)15-26-20(25)18-11-7-6-10-17(18)13-12-16-8-4-3-5-9-16/h3-11H,2,12-15H2,1H3. The van der Waals surface area contributed by atoms with Gasteiger partial charge in [-0.2, -0.15) is 0 Å². The summed E-state index contributed by atoms with van der Waals surface area (Å²) in [5.41, 5.74) is 2.82. The van der Waals surface area contributed by atoms with Crippen LogP contribution in [0, 0.1) is 0 Å². The Kier molecular flexibility index (Phi) is 6.09. The van der Waals surface area contributed by atoms with Gasteiger partial charge in [-0.15, -0.1) is 5.10 Å². The number of rotatable bonds is 8. The molecule has 0 saturated heterocycles. The number of hydrogen-bond donors (Lipinski definition) is 0. The Labute approximate surface area is 152 Å². The highest BCUT2D eigenvalue weighted by Crippen LogP contribution is 2.14. The van der Waals surface area contributed by atoms with Crippen LogP contribution in [0.4, 0.5) is 0 Å². The summed E-state index contributed by atoms with van der Waals surface area (Å²) >= 11 is 0. The molecule has 134 valence electrons. The van der Waals surface area contributed by atoms with Crippen molar-refractivity contribution in [1.82, 2.24) is 20.2 Å². The normalized spacial score (nSPS) is 10.7. The second kappa shape index (κ2) is 8.89. The SMILES string of the molecule is CCCn1nnnc1COC(=O)c1ccccc1CCc1ccccc1. The molecule has 0 bridgehead atoms. The molecule has 0 spiro atoms. The van der Waals surface area contributed by atoms with E-state index in [0.717, 1.165) is 24.8 Å². The Hall–Kier alpha value is -3.02. The minimum atomic E-state index is -0.347. The van der Waals surface area contributed by atoms with Gasteiger partial charge in [-0.05, 0) is 46.9 Å². The van der Waals surface area contributed by atoms with E-state index in [-0.39, 0.29) is 12.6 Å². The average Bonchev–Trinajstić information content (AvgIpc) is 3.13. The van der Waals surface area contributed by atoms with Gasteiger partial charge in [-0.3, -0.25) is 0 Å². The molecule has 26 heavy (non-hydrogen) atoms. The van der Waals surface area contributed by atoms with Gasteiger partial charge in [0, 0.05) is 6.54 Å². The number of tetrazole rings is 1. The number of esters is 1. The minimum Gasteiger partial charge on any atom is -0.454 e. The second-order valence-electron chi connectivity index (χ2n) is 6.04. The van der Waals surface area contributed by atoms with Crippen LogP contribution < -0.4 is 0 Å². The van der Waals surface area contributed by atoms with Crippen molar-refractivity contribution < 1.29 is 9.53 Å². The van der Waals surface area contributed by atoms with Gasteiger partial charge in [0.1, 0.15) is 0 Å². The molecular weight excluding hydrogens is 328 g/mol. The molecule has 1 heterocycles. The van der Waals surface area contributed by atoms with Crippen molar-refractivity contribution in [1.29, 1.82) is 0 Å². The molecular formula is C20H22N4O2. The Balaban J connectivity index is 1.64. The Morgan fingerprint density at radius 3 is 2.62 bits per heavy atom. The number of nitrogens with zero attached hydrogens (tertiary/aromatic N) is 4. The topological polar surface area (TPSA) is 69.9 Å². The van der Waals surface area contributed by atoms with E-state index in [9.17, 15) is 4.79 Å². The monoisotopic (exact) mass is 350 g/mol. The van der Waals surface area contributed by atoms with Gasteiger partial charge in [-0.25, -0.2) is 9.48 Å². The van der Waals surface area contributed by atoms with E-state index < -0.39 is 0 Å². The fourth-order valence-corrected chi connectivity index (χ4v) is 2.78. The number of hydrogen-bond acceptors (Lipinski definition) is 5. The van der Waals surface area contributed by atoms with E-state index in [1.54, 1.807) is 10.7 Å². The summed E-state index contributed by atoms with van der Waals surface area (Å²) in [7, 11) is 0. The molecule has 6 heteroatoms. The summed E-state index contributed by atoms with van der Waals surface area (Å²) in [6.45, 7) is 2.81.